The van der Waals surface area contributed by atoms with Crippen LogP contribution in [0, 0.1) is 11.8 Å². The molecule has 6 heteroatoms. The van der Waals surface area contributed by atoms with Crippen molar-refractivity contribution in [3.05, 3.63) is 18.3 Å². The zero-order chi connectivity index (χ0) is 19.9. The SMILES string of the molecule is CC(C)C(NC(=O)C1CCCCC1)C(=O)Nc1ccc(N2CCCCC2)nc1. The van der Waals surface area contributed by atoms with Gasteiger partial charge in [0.25, 0.3) is 0 Å². The van der Waals surface area contributed by atoms with Crippen LogP contribution in [0.25, 0.3) is 0 Å². The Balaban J connectivity index is 1.57. The quantitative estimate of drug-likeness (QED) is 0.781. The van der Waals surface area contributed by atoms with Gasteiger partial charge in [0.05, 0.1) is 11.9 Å². The van der Waals surface area contributed by atoms with Crippen molar-refractivity contribution in [2.45, 2.75) is 71.3 Å². The van der Waals surface area contributed by atoms with Gasteiger partial charge in [-0.25, -0.2) is 4.98 Å². The lowest BCUT2D eigenvalue weighted by Crippen LogP contribution is -2.49. The third kappa shape index (κ3) is 5.46. The van der Waals surface area contributed by atoms with E-state index in [0.29, 0.717) is 5.69 Å². The normalized spacial score (nSPS) is 19.3. The van der Waals surface area contributed by atoms with Crippen LogP contribution in [0.2, 0.25) is 0 Å². The highest BCUT2D eigenvalue weighted by atomic mass is 16.2. The molecule has 2 amide bonds. The summed E-state index contributed by atoms with van der Waals surface area (Å²) >= 11 is 0. The molecule has 1 aliphatic carbocycles. The fourth-order valence-electron chi connectivity index (χ4n) is 4.16. The molecule has 0 radical (unpaired) electrons. The van der Waals surface area contributed by atoms with Crippen molar-refractivity contribution in [1.82, 2.24) is 10.3 Å². The Kier molecular flexibility index (Phi) is 7.29. The van der Waals surface area contributed by atoms with E-state index in [9.17, 15) is 9.59 Å². The van der Waals surface area contributed by atoms with Gasteiger partial charge in [-0.15, -0.1) is 0 Å². The van der Waals surface area contributed by atoms with E-state index in [-0.39, 0.29) is 23.7 Å². The Morgan fingerprint density at radius 3 is 2.32 bits per heavy atom. The van der Waals surface area contributed by atoms with E-state index in [1.165, 1.54) is 25.7 Å². The molecule has 3 rings (SSSR count). The molecule has 1 aromatic rings. The summed E-state index contributed by atoms with van der Waals surface area (Å²) < 4.78 is 0. The number of carbonyl (C=O) groups excluding carboxylic acids is 2. The van der Waals surface area contributed by atoms with E-state index in [2.05, 4.69) is 20.5 Å². The van der Waals surface area contributed by atoms with Gasteiger partial charge >= 0.3 is 0 Å². The highest BCUT2D eigenvalue weighted by Crippen LogP contribution is 2.24. The highest BCUT2D eigenvalue weighted by Gasteiger charge is 2.28. The van der Waals surface area contributed by atoms with Crippen LogP contribution >= 0.6 is 0 Å². The lowest BCUT2D eigenvalue weighted by molar-refractivity contribution is -0.130. The first-order valence-corrected chi connectivity index (χ1v) is 10.9. The number of pyridine rings is 1. The summed E-state index contributed by atoms with van der Waals surface area (Å²) in [6, 6.07) is 3.33. The number of piperidine rings is 1. The monoisotopic (exact) mass is 386 g/mol. The van der Waals surface area contributed by atoms with Gasteiger partial charge in [0.15, 0.2) is 0 Å². The predicted octanol–water partition coefficient (Wildman–Crippen LogP) is 3.73. The Bertz CT molecular complexity index is 647. The molecule has 1 saturated heterocycles. The molecule has 2 fully saturated rings. The highest BCUT2D eigenvalue weighted by molar-refractivity contribution is 5.97. The Labute approximate surface area is 168 Å². The van der Waals surface area contributed by atoms with Crippen molar-refractivity contribution >= 4 is 23.3 Å². The summed E-state index contributed by atoms with van der Waals surface area (Å²) in [5.74, 6) is 0.879. The van der Waals surface area contributed by atoms with Gasteiger partial charge < -0.3 is 15.5 Å². The summed E-state index contributed by atoms with van der Waals surface area (Å²) in [4.78, 5) is 32.2. The maximum absolute atomic E-state index is 12.8. The fraction of sp³-hybridized carbons (Fsp3) is 0.682. The molecule has 6 nitrogen and oxygen atoms in total. The van der Waals surface area contributed by atoms with Crippen molar-refractivity contribution < 1.29 is 9.59 Å². The van der Waals surface area contributed by atoms with E-state index in [4.69, 9.17) is 0 Å². The van der Waals surface area contributed by atoms with E-state index in [1.807, 2.05) is 26.0 Å². The van der Waals surface area contributed by atoms with Gasteiger partial charge in [-0.3, -0.25) is 9.59 Å². The molecule has 0 spiro atoms. The number of hydrogen-bond donors (Lipinski definition) is 2. The largest absolute Gasteiger partial charge is 0.357 e. The van der Waals surface area contributed by atoms with Gasteiger partial charge in [0, 0.05) is 19.0 Å². The number of nitrogens with zero attached hydrogens (tertiary/aromatic N) is 2. The van der Waals surface area contributed by atoms with Crippen LogP contribution < -0.4 is 15.5 Å². The molecule has 28 heavy (non-hydrogen) atoms. The zero-order valence-electron chi connectivity index (χ0n) is 17.2. The van der Waals surface area contributed by atoms with Crippen molar-refractivity contribution in [3.8, 4) is 0 Å². The molecule has 1 saturated carbocycles. The molecular weight excluding hydrogens is 352 g/mol. The van der Waals surface area contributed by atoms with E-state index in [1.54, 1.807) is 6.20 Å². The van der Waals surface area contributed by atoms with E-state index < -0.39 is 6.04 Å². The van der Waals surface area contributed by atoms with Crippen molar-refractivity contribution in [1.29, 1.82) is 0 Å². The molecule has 0 aromatic carbocycles. The molecule has 2 heterocycles. The maximum atomic E-state index is 12.8. The average Bonchev–Trinajstić information content (AvgIpc) is 2.73. The fourth-order valence-corrected chi connectivity index (χ4v) is 4.16. The number of aromatic nitrogens is 1. The molecular formula is C22H34N4O2. The van der Waals surface area contributed by atoms with Crippen molar-refractivity contribution in [3.63, 3.8) is 0 Å². The lowest BCUT2D eigenvalue weighted by Gasteiger charge is -2.28. The minimum absolute atomic E-state index is 0.0205. The summed E-state index contributed by atoms with van der Waals surface area (Å²) in [5.41, 5.74) is 0.670. The zero-order valence-corrected chi connectivity index (χ0v) is 17.2. The Hall–Kier alpha value is -2.11. The number of rotatable bonds is 6. The molecule has 2 aliphatic rings. The lowest BCUT2D eigenvalue weighted by atomic mass is 9.88. The van der Waals surface area contributed by atoms with Crippen LogP contribution in [0.15, 0.2) is 18.3 Å². The van der Waals surface area contributed by atoms with Crippen LogP contribution in [0.1, 0.15) is 65.2 Å². The van der Waals surface area contributed by atoms with Crippen molar-refractivity contribution in [2.75, 3.05) is 23.3 Å². The second-order valence-corrected chi connectivity index (χ2v) is 8.51. The van der Waals surface area contributed by atoms with Gasteiger partial charge in [0.1, 0.15) is 11.9 Å². The maximum Gasteiger partial charge on any atom is 0.247 e. The second-order valence-electron chi connectivity index (χ2n) is 8.51. The van der Waals surface area contributed by atoms with E-state index >= 15 is 0 Å². The number of hydrogen-bond acceptors (Lipinski definition) is 4. The molecule has 154 valence electrons. The minimum Gasteiger partial charge on any atom is -0.357 e. The van der Waals surface area contributed by atoms with Crippen LogP contribution in [0.3, 0.4) is 0 Å². The van der Waals surface area contributed by atoms with Gasteiger partial charge in [0.2, 0.25) is 11.8 Å². The predicted molar refractivity (Wildman–Crippen MR) is 112 cm³/mol. The molecule has 1 unspecified atom stereocenters. The molecule has 0 bridgehead atoms. The summed E-state index contributed by atoms with van der Waals surface area (Å²) in [5, 5.41) is 5.92. The first-order valence-electron chi connectivity index (χ1n) is 10.9. The summed E-state index contributed by atoms with van der Waals surface area (Å²) in [6.07, 6.45) is 10.7. The number of carbonyl (C=O) groups is 2. The van der Waals surface area contributed by atoms with E-state index in [0.717, 1.165) is 44.6 Å². The van der Waals surface area contributed by atoms with Gasteiger partial charge in [-0.05, 0) is 50.2 Å². The van der Waals surface area contributed by atoms with Crippen molar-refractivity contribution in [2.24, 2.45) is 11.8 Å². The first-order chi connectivity index (χ1) is 13.5. The van der Waals surface area contributed by atoms with Crippen LogP contribution in [0.5, 0.6) is 0 Å². The number of anilines is 2. The summed E-state index contributed by atoms with van der Waals surface area (Å²) in [7, 11) is 0. The smallest absolute Gasteiger partial charge is 0.247 e. The van der Waals surface area contributed by atoms with Crippen LogP contribution in [-0.4, -0.2) is 35.9 Å². The molecule has 1 aliphatic heterocycles. The topological polar surface area (TPSA) is 74.3 Å². The molecule has 1 aromatic heterocycles. The molecule has 1 atom stereocenters. The minimum atomic E-state index is -0.531. The number of nitrogens with one attached hydrogen (secondary N) is 2. The third-order valence-electron chi connectivity index (χ3n) is 5.92. The number of amides is 2. The Morgan fingerprint density at radius 2 is 1.71 bits per heavy atom. The standard InChI is InChI=1S/C22H34N4O2/c1-16(2)20(25-21(27)17-9-5-3-6-10-17)22(28)24-18-11-12-19(23-15-18)26-13-7-4-8-14-26/h11-12,15-17,20H,3-10,13-14H2,1-2H3,(H,24,28)(H,25,27). The Morgan fingerprint density at radius 1 is 1.04 bits per heavy atom. The third-order valence-corrected chi connectivity index (χ3v) is 5.92. The van der Waals surface area contributed by atoms with Gasteiger partial charge in [-0.2, -0.15) is 0 Å². The summed E-state index contributed by atoms with van der Waals surface area (Å²) in [6.45, 7) is 6.01. The second kappa shape index (κ2) is 9.89. The molecule has 2 N–H and O–H groups in total. The average molecular weight is 387 g/mol. The van der Waals surface area contributed by atoms with Crippen LogP contribution in [-0.2, 0) is 9.59 Å². The van der Waals surface area contributed by atoms with Crippen LogP contribution in [0.4, 0.5) is 11.5 Å². The first kappa shape index (κ1) is 20.6. The van der Waals surface area contributed by atoms with Gasteiger partial charge in [-0.1, -0.05) is 33.1 Å².